The Morgan fingerprint density at radius 1 is 1.06 bits per heavy atom. The fraction of sp³-hybridized carbons (Fsp3) is 0.368. The third-order valence-corrected chi connectivity index (χ3v) is 4.70. The minimum atomic E-state index is -1.35. The van der Waals surface area contributed by atoms with E-state index < -0.39 is 55.2 Å². The summed E-state index contributed by atoms with van der Waals surface area (Å²) in [6.45, 7) is -0.858. The molecule has 180 valence electrons. The smallest absolute Gasteiger partial charge is 0.323 e. The number of amides is 3. The van der Waals surface area contributed by atoms with Crippen molar-refractivity contribution in [2.45, 2.75) is 19.0 Å². The lowest BCUT2D eigenvalue weighted by Crippen LogP contribution is -2.61. The van der Waals surface area contributed by atoms with E-state index in [4.69, 9.17) is 21.4 Å². The van der Waals surface area contributed by atoms with Crippen molar-refractivity contribution >= 4 is 48.0 Å². The van der Waals surface area contributed by atoms with Crippen LogP contribution in [-0.4, -0.2) is 87.9 Å². The van der Waals surface area contributed by atoms with Crippen LogP contribution in [0.4, 0.5) is 0 Å². The molecule has 0 radical (unpaired) electrons. The number of hydrogen-bond donors (Lipinski definition) is 6. The summed E-state index contributed by atoms with van der Waals surface area (Å²) < 4.78 is 0. The summed E-state index contributed by atoms with van der Waals surface area (Å²) in [5.74, 6) is -4.72. The number of benzene rings is 1. The van der Waals surface area contributed by atoms with Gasteiger partial charge in [-0.1, -0.05) is 12.1 Å². The van der Waals surface area contributed by atoms with Crippen molar-refractivity contribution in [1.82, 2.24) is 20.4 Å². The maximum Gasteiger partial charge on any atom is 0.323 e. The Morgan fingerprint density at radius 3 is 2.24 bits per heavy atom. The molecule has 0 unspecified atom stereocenters. The molecule has 1 aliphatic rings. The Balaban J connectivity index is 0.00000544. The summed E-state index contributed by atoms with van der Waals surface area (Å²) >= 11 is 0. The van der Waals surface area contributed by atoms with Gasteiger partial charge >= 0.3 is 11.9 Å². The third kappa shape index (κ3) is 7.96. The van der Waals surface area contributed by atoms with Crippen LogP contribution in [0.25, 0.3) is 0 Å². The van der Waals surface area contributed by atoms with Gasteiger partial charge in [-0.05, 0) is 17.7 Å². The number of carbonyl (C=O) groups excluding carboxylic acids is 3. The maximum atomic E-state index is 12.6. The summed E-state index contributed by atoms with van der Waals surface area (Å²) in [6.07, 6.45) is -0.676. The van der Waals surface area contributed by atoms with E-state index in [1.165, 1.54) is 12.1 Å². The molecule has 0 bridgehead atoms. The Kier molecular flexibility index (Phi) is 10.1. The van der Waals surface area contributed by atoms with Gasteiger partial charge in [0.25, 0.3) is 5.91 Å². The van der Waals surface area contributed by atoms with E-state index in [1.807, 2.05) is 0 Å². The molecule has 1 saturated heterocycles. The second kappa shape index (κ2) is 12.2. The minimum Gasteiger partial charge on any atom is -0.481 e. The highest BCUT2D eigenvalue weighted by Crippen LogP contribution is 2.15. The van der Waals surface area contributed by atoms with Gasteiger partial charge in [0.2, 0.25) is 11.8 Å². The van der Waals surface area contributed by atoms with Crippen molar-refractivity contribution in [3.63, 3.8) is 0 Å². The van der Waals surface area contributed by atoms with Gasteiger partial charge in [-0.2, -0.15) is 0 Å². The van der Waals surface area contributed by atoms with Crippen LogP contribution in [0, 0.1) is 5.41 Å². The summed E-state index contributed by atoms with van der Waals surface area (Å²) in [7, 11) is 0. The van der Waals surface area contributed by atoms with Crippen molar-refractivity contribution in [3.05, 3.63) is 35.4 Å². The van der Waals surface area contributed by atoms with Crippen LogP contribution in [0.1, 0.15) is 22.3 Å². The first kappa shape index (κ1) is 27.2. The number of carboxylic acids is 2. The Labute approximate surface area is 194 Å². The standard InChI is InChI=1S/C19H24N6O7.ClH/c20-19(21)23-8-11-1-3-12(4-2-11)17(31)22-9-14(26)25-6-5-24(10-16(29)30)18(32)13(25)7-15(27)28;/h1-4,13H,5-10H2,(H,22,31)(H,27,28)(H,29,30)(H4,20,21,23);1H/t13-;/m0./s1. The molecule has 0 saturated carbocycles. The van der Waals surface area contributed by atoms with E-state index >= 15 is 0 Å². The maximum absolute atomic E-state index is 12.6. The van der Waals surface area contributed by atoms with Crippen molar-refractivity contribution in [2.75, 3.05) is 26.2 Å². The van der Waals surface area contributed by atoms with Gasteiger partial charge in [-0.3, -0.25) is 29.4 Å². The zero-order valence-corrected chi connectivity index (χ0v) is 18.3. The molecule has 0 spiro atoms. The van der Waals surface area contributed by atoms with E-state index in [0.717, 1.165) is 15.4 Å². The minimum absolute atomic E-state index is 0. The lowest BCUT2D eigenvalue weighted by atomic mass is 10.1. The van der Waals surface area contributed by atoms with Crippen LogP contribution in [-0.2, 0) is 25.7 Å². The molecule has 13 nitrogen and oxygen atoms in total. The molecule has 14 heteroatoms. The van der Waals surface area contributed by atoms with Crippen LogP contribution in [0.5, 0.6) is 0 Å². The summed E-state index contributed by atoms with van der Waals surface area (Å²) in [5, 5.41) is 30.2. The van der Waals surface area contributed by atoms with Gasteiger partial charge in [-0.15, -0.1) is 12.4 Å². The largest absolute Gasteiger partial charge is 0.481 e. The lowest BCUT2D eigenvalue weighted by molar-refractivity contribution is -0.157. The van der Waals surface area contributed by atoms with Gasteiger partial charge in [-0.25, -0.2) is 0 Å². The zero-order chi connectivity index (χ0) is 23.8. The van der Waals surface area contributed by atoms with Crippen LogP contribution < -0.4 is 16.4 Å². The van der Waals surface area contributed by atoms with Crippen LogP contribution >= 0.6 is 12.4 Å². The zero-order valence-electron chi connectivity index (χ0n) is 17.4. The third-order valence-electron chi connectivity index (χ3n) is 4.70. The molecule has 1 aromatic rings. The molecular weight excluding hydrogens is 460 g/mol. The fourth-order valence-corrected chi connectivity index (χ4v) is 3.15. The Morgan fingerprint density at radius 2 is 1.70 bits per heavy atom. The highest BCUT2D eigenvalue weighted by molar-refractivity contribution is 5.98. The number of guanidine groups is 1. The molecule has 1 fully saturated rings. The van der Waals surface area contributed by atoms with E-state index in [2.05, 4.69) is 10.6 Å². The molecule has 33 heavy (non-hydrogen) atoms. The van der Waals surface area contributed by atoms with E-state index in [1.54, 1.807) is 12.1 Å². The van der Waals surface area contributed by atoms with E-state index in [-0.39, 0.29) is 37.0 Å². The average molecular weight is 485 g/mol. The first-order chi connectivity index (χ1) is 15.1. The number of carbonyl (C=O) groups is 5. The van der Waals surface area contributed by atoms with Gasteiger partial charge in [0.1, 0.15) is 12.6 Å². The predicted octanol–water partition coefficient (Wildman–Crippen LogP) is -1.58. The van der Waals surface area contributed by atoms with Crippen LogP contribution in [0.15, 0.2) is 24.3 Å². The van der Waals surface area contributed by atoms with Crippen molar-refractivity contribution in [1.29, 1.82) is 5.41 Å². The summed E-state index contributed by atoms with van der Waals surface area (Å²) in [6, 6.07) is 5.00. The molecule has 2 rings (SSSR count). The number of aliphatic carboxylic acids is 2. The van der Waals surface area contributed by atoms with Gasteiger partial charge in [0.05, 0.1) is 13.0 Å². The lowest BCUT2D eigenvalue weighted by Gasteiger charge is -2.39. The summed E-state index contributed by atoms with van der Waals surface area (Å²) in [4.78, 5) is 61.5. The second-order valence-electron chi connectivity index (χ2n) is 7.00. The molecule has 1 atom stereocenters. The topological polar surface area (TPSA) is 206 Å². The normalized spacial score (nSPS) is 15.3. The number of rotatable bonds is 9. The molecule has 1 aliphatic heterocycles. The number of hydrogen-bond acceptors (Lipinski definition) is 6. The average Bonchev–Trinajstić information content (AvgIpc) is 2.73. The quantitative estimate of drug-likeness (QED) is 0.176. The summed E-state index contributed by atoms with van der Waals surface area (Å²) in [5.41, 5.74) is 6.26. The molecule has 1 aromatic carbocycles. The molecule has 3 amide bonds. The molecular formula is C19H25ClN6O7. The van der Waals surface area contributed by atoms with Crippen LogP contribution in [0.2, 0.25) is 0 Å². The number of halogens is 1. The number of nitrogens with two attached hydrogens (primary N) is 1. The first-order valence-electron chi connectivity index (χ1n) is 9.55. The van der Waals surface area contributed by atoms with Crippen molar-refractivity contribution in [3.8, 4) is 0 Å². The molecule has 0 aromatic heterocycles. The van der Waals surface area contributed by atoms with Gasteiger partial charge in [0.15, 0.2) is 5.96 Å². The monoisotopic (exact) mass is 484 g/mol. The highest BCUT2D eigenvalue weighted by atomic mass is 35.5. The van der Waals surface area contributed by atoms with Crippen molar-refractivity contribution in [2.24, 2.45) is 5.73 Å². The molecule has 0 aliphatic carbocycles. The predicted molar refractivity (Wildman–Crippen MR) is 117 cm³/mol. The highest BCUT2D eigenvalue weighted by Gasteiger charge is 2.39. The number of carboxylic acid groups (broad SMARTS) is 2. The number of nitrogens with zero attached hydrogens (tertiary/aromatic N) is 2. The van der Waals surface area contributed by atoms with E-state index in [9.17, 15) is 24.0 Å². The first-order valence-corrected chi connectivity index (χ1v) is 9.55. The van der Waals surface area contributed by atoms with Gasteiger partial charge in [0, 0.05) is 25.2 Å². The Bertz CT molecular complexity index is 924. The van der Waals surface area contributed by atoms with Crippen LogP contribution in [0.3, 0.4) is 0 Å². The Hall–Kier alpha value is -3.87. The molecule has 1 heterocycles. The fourth-order valence-electron chi connectivity index (χ4n) is 3.15. The second-order valence-corrected chi connectivity index (χ2v) is 7.00. The van der Waals surface area contributed by atoms with Crippen molar-refractivity contribution < 1.29 is 34.2 Å². The SMILES string of the molecule is Cl.N=C(N)NCc1ccc(C(=O)NCC(=O)N2CCN(CC(=O)O)C(=O)[C@@H]2CC(=O)O)cc1. The van der Waals surface area contributed by atoms with Gasteiger partial charge < -0.3 is 36.4 Å². The molecule has 7 N–H and O–H groups in total. The van der Waals surface area contributed by atoms with E-state index in [0.29, 0.717) is 6.54 Å². The number of nitrogens with one attached hydrogen (secondary N) is 3. The number of piperazine rings is 1.